The van der Waals surface area contributed by atoms with Crippen LogP contribution in [0.1, 0.15) is 48.1 Å². The first-order valence-corrected chi connectivity index (χ1v) is 8.94. The first-order valence-electron chi connectivity index (χ1n) is 8.56. The van der Waals surface area contributed by atoms with Crippen LogP contribution in [0.15, 0.2) is 30.6 Å². The Morgan fingerprint density at radius 2 is 2.23 bits per heavy atom. The van der Waals surface area contributed by atoms with Crippen molar-refractivity contribution >= 4 is 17.5 Å². The van der Waals surface area contributed by atoms with Crippen molar-refractivity contribution < 1.29 is 4.79 Å². The molecule has 9 heteroatoms. The highest BCUT2D eigenvalue weighted by molar-refractivity contribution is 6.32. The molecule has 134 valence electrons. The maximum absolute atomic E-state index is 12.7. The van der Waals surface area contributed by atoms with E-state index in [0.717, 1.165) is 25.2 Å². The molecule has 3 heterocycles. The smallest absolute Gasteiger partial charge is 0.291 e. The Balaban J connectivity index is 1.61. The molecule has 1 N–H and O–H groups in total. The first kappa shape index (κ1) is 16.7. The predicted molar refractivity (Wildman–Crippen MR) is 95.2 cm³/mol. The van der Waals surface area contributed by atoms with Crippen molar-refractivity contribution in [2.75, 3.05) is 0 Å². The molecular formula is C17H18ClN7O. The van der Waals surface area contributed by atoms with Crippen molar-refractivity contribution in [1.29, 1.82) is 0 Å². The van der Waals surface area contributed by atoms with Crippen LogP contribution < -0.4 is 5.32 Å². The lowest BCUT2D eigenvalue weighted by Crippen LogP contribution is -2.34. The van der Waals surface area contributed by atoms with Gasteiger partial charge >= 0.3 is 0 Å². The van der Waals surface area contributed by atoms with Crippen LogP contribution in [-0.2, 0) is 13.0 Å². The van der Waals surface area contributed by atoms with Gasteiger partial charge in [-0.15, -0.1) is 5.10 Å². The average molecular weight is 372 g/mol. The number of hydrogen-bond acceptors (Lipinski definition) is 5. The number of carbonyl (C=O) groups excluding carboxylic acids is 1. The molecule has 0 fully saturated rings. The quantitative estimate of drug-likeness (QED) is 0.760. The minimum absolute atomic E-state index is 0.124. The Hall–Kier alpha value is -2.74. The second-order valence-corrected chi connectivity index (χ2v) is 6.49. The van der Waals surface area contributed by atoms with E-state index in [1.54, 1.807) is 10.7 Å². The van der Waals surface area contributed by atoms with Crippen LogP contribution in [0.4, 0.5) is 0 Å². The number of para-hydroxylation sites is 1. The van der Waals surface area contributed by atoms with Gasteiger partial charge in [-0.2, -0.15) is 5.10 Å². The zero-order chi connectivity index (χ0) is 18.1. The number of halogens is 1. The van der Waals surface area contributed by atoms with Crippen molar-refractivity contribution in [1.82, 2.24) is 34.8 Å². The summed E-state index contributed by atoms with van der Waals surface area (Å²) < 4.78 is 3.45. The van der Waals surface area contributed by atoms with E-state index >= 15 is 0 Å². The van der Waals surface area contributed by atoms with Crippen LogP contribution in [0.5, 0.6) is 0 Å². The third kappa shape index (κ3) is 2.96. The van der Waals surface area contributed by atoms with Crippen LogP contribution >= 0.6 is 11.6 Å². The van der Waals surface area contributed by atoms with Gasteiger partial charge in [0.2, 0.25) is 5.82 Å². The minimum atomic E-state index is -0.327. The largest absolute Gasteiger partial charge is 0.339 e. The number of benzene rings is 1. The Morgan fingerprint density at radius 3 is 3.04 bits per heavy atom. The Morgan fingerprint density at radius 1 is 1.38 bits per heavy atom. The summed E-state index contributed by atoms with van der Waals surface area (Å²) in [5.41, 5.74) is 0.704. The van der Waals surface area contributed by atoms with Gasteiger partial charge in [0.05, 0.1) is 16.8 Å². The van der Waals surface area contributed by atoms with E-state index in [4.69, 9.17) is 11.6 Å². The molecule has 8 nitrogen and oxygen atoms in total. The SMILES string of the molecule is CCc1nc(C(=O)NC2CCCn3ncnc32)nn1-c1ccccc1Cl. The summed E-state index contributed by atoms with van der Waals surface area (Å²) in [4.78, 5) is 21.4. The van der Waals surface area contributed by atoms with Crippen LogP contribution in [0, 0.1) is 0 Å². The lowest BCUT2D eigenvalue weighted by molar-refractivity contribution is 0.0916. The summed E-state index contributed by atoms with van der Waals surface area (Å²) in [7, 11) is 0. The number of aromatic nitrogens is 6. The number of nitrogens with one attached hydrogen (secondary N) is 1. The molecule has 0 saturated carbocycles. The number of amides is 1. The summed E-state index contributed by atoms with van der Waals surface area (Å²) >= 11 is 6.27. The Kier molecular flexibility index (Phi) is 4.42. The standard InChI is InChI=1S/C17H18ClN7O/c1-2-14-22-15(23-25(14)13-8-4-3-6-11(13)18)17(26)21-12-7-5-9-24-16(12)19-10-20-24/h3-4,6,8,10,12H,2,5,7,9H2,1H3,(H,21,26). The zero-order valence-electron chi connectivity index (χ0n) is 14.3. The topological polar surface area (TPSA) is 90.5 Å². The highest BCUT2D eigenvalue weighted by Gasteiger charge is 2.26. The van der Waals surface area contributed by atoms with Gasteiger partial charge in [-0.05, 0) is 25.0 Å². The van der Waals surface area contributed by atoms with E-state index < -0.39 is 0 Å². The fourth-order valence-corrected chi connectivity index (χ4v) is 3.35. The second-order valence-electron chi connectivity index (χ2n) is 6.08. The van der Waals surface area contributed by atoms with Crippen LogP contribution in [0.2, 0.25) is 5.02 Å². The van der Waals surface area contributed by atoms with Gasteiger partial charge in [0.1, 0.15) is 18.0 Å². The van der Waals surface area contributed by atoms with Crippen molar-refractivity contribution in [3.05, 3.63) is 53.1 Å². The van der Waals surface area contributed by atoms with Gasteiger partial charge in [0.25, 0.3) is 5.91 Å². The predicted octanol–water partition coefficient (Wildman–Crippen LogP) is 2.34. The number of rotatable bonds is 4. The van der Waals surface area contributed by atoms with Gasteiger partial charge in [-0.3, -0.25) is 4.79 Å². The second kappa shape index (κ2) is 6.87. The van der Waals surface area contributed by atoms with Gasteiger partial charge in [0.15, 0.2) is 0 Å². The first-order chi connectivity index (χ1) is 12.7. The van der Waals surface area contributed by atoms with Crippen LogP contribution in [0.3, 0.4) is 0 Å². The molecule has 0 aliphatic carbocycles. The van der Waals surface area contributed by atoms with E-state index in [1.807, 2.05) is 29.8 Å². The monoisotopic (exact) mass is 371 g/mol. The molecule has 1 aliphatic heterocycles. The maximum Gasteiger partial charge on any atom is 0.291 e. The summed E-state index contributed by atoms with van der Waals surface area (Å²) in [6.45, 7) is 2.78. The molecule has 1 amide bonds. The van der Waals surface area contributed by atoms with E-state index in [-0.39, 0.29) is 17.8 Å². The van der Waals surface area contributed by atoms with E-state index in [9.17, 15) is 4.79 Å². The summed E-state index contributed by atoms with van der Waals surface area (Å²) in [6, 6.07) is 7.17. The van der Waals surface area contributed by atoms with Crippen LogP contribution in [0.25, 0.3) is 5.69 Å². The third-order valence-electron chi connectivity index (χ3n) is 4.40. The molecule has 1 atom stereocenters. The molecule has 0 radical (unpaired) electrons. The molecule has 0 bridgehead atoms. The van der Waals surface area contributed by atoms with E-state index in [1.165, 1.54) is 6.33 Å². The van der Waals surface area contributed by atoms with Crippen molar-refractivity contribution in [2.24, 2.45) is 0 Å². The third-order valence-corrected chi connectivity index (χ3v) is 4.72. The van der Waals surface area contributed by atoms with E-state index in [0.29, 0.717) is 23.0 Å². The van der Waals surface area contributed by atoms with Crippen molar-refractivity contribution in [3.8, 4) is 5.69 Å². The fourth-order valence-electron chi connectivity index (χ4n) is 3.13. The highest BCUT2D eigenvalue weighted by atomic mass is 35.5. The van der Waals surface area contributed by atoms with Crippen molar-refractivity contribution in [3.63, 3.8) is 0 Å². The number of nitrogens with zero attached hydrogens (tertiary/aromatic N) is 6. The summed E-state index contributed by atoms with van der Waals surface area (Å²) in [5, 5.41) is 12.1. The molecule has 1 unspecified atom stereocenters. The lowest BCUT2D eigenvalue weighted by atomic mass is 10.1. The van der Waals surface area contributed by atoms with Gasteiger partial charge in [0, 0.05) is 13.0 Å². The molecule has 2 aromatic heterocycles. The molecule has 1 aromatic carbocycles. The normalized spacial score (nSPS) is 16.3. The van der Waals surface area contributed by atoms with Gasteiger partial charge in [-0.25, -0.2) is 19.3 Å². The average Bonchev–Trinajstić information content (AvgIpc) is 3.29. The zero-order valence-corrected chi connectivity index (χ0v) is 15.0. The number of aryl methyl sites for hydroxylation is 2. The number of fused-ring (bicyclic) bond motifs is 1. The maximum atomic E-state index is 12.7. The molecule has 0 spiro atoms. The summed E-state index contributed by atoms with van der Waals surface area (Å²) in [5.74, 6) is 1.24. The van der Waals surface area contributed by atoms with Gasteiger partial charge < -0.3 is 5.32 Å². The van der Waals surface area contributed by atoms with Gasteiger partial charge in [-0.1, -0.05) is 30.7 Å². The Bertz CT molecular complexity index is 948. The van der Waals surface area contributed by atoms with Crippen LogP contribution in [-0.4, -0.2) is 35.4 Å². The number of carbonyl (C=O) groups is 1. The fraction of sp³-hybridized carbons (Fsp3) is 0.353. The highest BCUT2D eigenvalue weighted by Crippen LogP contribution is 2.23. The Labute approximate surface area is 155 Å². The lowest BCUT2D eigenvalue weighted by Gasteiger charge is -2.22. The van der Waals surface area contributed by atoms with E-state index in [2.05, 4.69) is 25.5 Å². The molecule has 0 saturated heterocycles. The molecular weight excluding hydrogens is 354 g/mol. The molecule has 26 heavy (non-hydrogen) atoms. The van der Waals surface area contributed by atoms with Crippen molar-refractivity contribution in [2.45, 2.75) is 38.8 Å². The molecule has 3 aromatic rings. The number of hydrogen-bond donors (Lipinski definition) is 1. The molecule has 4 rings (SSSR count). The minimum Gasteiger partial charge on any atom is -0.339 e. The molecule has 1 aliphatic rings. The summed E-state index contributed by atoms with van der Waals surface area (Å²) in [6.07, 6.45) is 3.89.